The van der Waals surface area contributed by atoms with Gasteiger partial charge in [-0.15, -0.1) is 0 Å². The number of hydrogen-bond acceptors (Lipinski definition) is 23. The van der Waals surface area contributed by atoms with Crippen LogP contribution in [0.4, 0.5) is 0 Å². The number of primary amides is 1. The second-order valence-corrected chi connectivity index (χ2v) is 25.4. The smallest absolute Gasteiger partial charge is 0.322 e. The van der Waals surface area contributed by atoms with E-state index in [0.29, 0.717) is 12.0 Å². The molecule has 0 saturated heterocycles. The third-order valence-electron chi connectivity index (χ3n) is 15.6. The lowest BCUT2D eigenvalue weighted by molar-refractivity contribution is -0.142. The maximum absolute atomic E-state index is 14.4. The molecule has 0 unspecified atom stereocenters. The Bertz CT molecular complexity index is 3380. The number of aliphatic hydroxyl groups excluding tert-OH is 2. The summed E-state index contributed by atoms with van der Waals surface area (Å²) in [5, 5.41) is 99.1. The number of nitrogens with two attached hydrogens (primary N) is 3. The first kappa shape index (κ1) is 90.0. The van der Waals surface area contributed by atoms with Crippen molar-refractivity contribution in [3.05, 3.63) is 59.7 Å². The van der Waals surface area contributed by atoms with E-state index < -0.39 is 236 Å². The number of carboxylic acid groups (broad SMARTS) is 3. The van der Waals surface area contributed by atoms with Crippen LogP contribution in [0.3, 0.4) is 0 Å². The second-order valence-electron chi connectivity index (χ2n) is 25.4. The van der Waals surface area contributed by atoms with Crippen LogP contribution < -0.4 is 86.3 Å². The van der Waals surface area contributed by atoms with Crippen LogP contribution in [0.2, 0.25) is 0 Å². The normalized spacial score (nSPS) is 14.5. The molecule has 0 radical (unpaired) electrons. The van der Waals surface area contributed by atoms with Crippen LogP contribution in [0.1, 0.15) is 105 Å². The highest BCUT2D eigenvalue weighted by Crippen LogP contribution is 2.16. The number of benzene rings is 2. The molecule has 0 aliphatic carbocycles. The number of aromatic hydroxyl groups is 2. The first-order chi connectivity index (χ1) is 49.2. The quantitative estimate of drug-likeness (QED) is 0.0274. The number of phenols is 2. The molecule has 2 aromatic rings. The van der Waals surface area contributed by atoms with Gasteiger partial charge >= 0.3 is 17.9 Å². The van der Waals surface area contributed by atoms with Crippen molar-refractivity contribution >= 4 is 101 Å². The average molecular weight is 1490 g/mol. The first-order valence-corrected chi connectivity index (χ1v) is 33.3. The minimum atomic E-state index is -2.09. The van der Waals surface area contributed by atoms with Crippen molar-refractivity contribution in [3.8, 4) is 11.5 Å². The third-order valence-corrected chi connectivity index (χ3v) is 15.6. The zero-order chi connectivity index (χ0) is 79.5. The number of aliphatic hydroxyl groups is 2. The predicted octanol–water partition coefficient (Wildman–Crippen LogP) is -7.82. The van der Waals surface area contributed by atoms with Crippen LogP contribution in [-0.4, -0.2) is 242 Å². The summed E-state index contributed by atoms with van der Waals surface area (Å²) in [6.07, 6.45) is -3.54. The average Bonchev–Trinajstić information content (AvgIpc) is 0.854. The third kappa shape index (κ3) is 32.8. The zero-order valence-electron chi connectivity index (χ0n) is 59.0. The van der Waals surface area contributed by atoms with E-state index >= 15 is 0 Å². The Morgan fingerprint density at radius 3 is 1.18 bits per heavy atom. The Balaban J connectivity index is 2.37. The largest absolute Gasteiger partial charge is 0.508 e. The summed E-state index contributed by atoms with van der Waals surface area (Å²) in [6, 6.07) is -9.70. The molecular weight excluding hydrogens is 1390 g/mol. The molecule has 0 spiro atoms. The Morgan fingerprint density at radius 1 is 0.381 bits per heavy atom. The summed E-state index contributed by atoms with van der Waals surface area (Å²) in [7, 11) is 0. The molecule has 26 N–H and O–H groups in total. The van der Waals surface area contributed by atoms with Gasteiger partial charge in [0.2, 0.25) is 82.7 Å². The van der Waals surface area contributed by atoms with Crippen LogP contribution in [0.5, 0.6) is 11.5 Å². The number of nitrogens with one attached hydrogen (secondary N) is 13. The Labute approximate surface area is 602 Å². The van der Waals surface area contributed by atoms with E-state index in [1.165, 1.54) is 69.3 Å². The maximum Gasteiger partial charge on any atom is 0.322 e. The van der Waals surface area contributed by atoms with Crippen molar-refractivity contribution in [1.82, 2.24) is 69.1 Å². The van der Waals surface area contributed by atoms with Crippen LogP contribution in [-0.2, 0) is 94.3 Å². The molecule has 0 bridgehead atoms. The number of carbonyl (C=O) groups excluding carboxylic acids is 14. The number of carbonyl (C=O) groups is 17. The molecule has 2 rings (SSSR count). The van der Waals surface area contributed by atoms with E-state index in [-0.39, 0.29) is 55.7 Å². The van der Waals surface area contributed by atoms with Crippen molar-refractivity contribution in [2.45, 2.75) is 179 Å². The minimum absolute atomic E-state index is 0.113. The van der Waals surface area contributed by atoms with Crippen LogP contribution in [0, 0.1) is 17.8 Å². The van der Waals surface area contributed by atoms with Crippen LogP contribution in [0.25, 0.3) is 0 Å². The highest BCUT2D eigenvalue weighted by Gasteiger charge is 2.38. The van der Waals surface area contributed by atoms with Gasteiger partial charge in [0.1, 0.15) is 84.5 Å². The summed E-state index contributed by atoms with van der Waals surface area (Å²) in [5.41, 5.74) is 17.3. The van der Waals surface area contributed by atoms with Gasteiger partial charge in [-0.25, -0.2) is 0 Å². The van der Waals surface area contributed by atoms with Gasteiger partial charge in [0, 0.05) is 19.3 Å². The number of unbranched alkanes of at least 4 members (excludes halogenated alkanes) is 1. The molecule has 0 heterocycles. The van der Waals surface area contributed by atoms with Crippen molar-refractivity contribution in [3.63, 3.8) is 0 Å². The number of amides is 14. The molecule has 40 nitrogen and oxygen atoms in total. The molecule has 0 aliphatic heterocycles. The van der Waals surface area contributed by atoms with Gasteiger partial charge in [0.05, 0.1) is 38.6 Å². The predicted molar refractivity (Wildman–Crippen MR) is 367 cm³/mol. The number of carboxylic acids is 3. The highest BCUT2D eigenvalue weighted by atomic mass is 16.4. The summed E-state index contributed by atoms with van der Waals surface area (Å²) >= 11 is 0. The van der Waals surface area contributed by atoms with Gasteiger partial charge in [0.25, 0.3) is 0 Å². The number of phenolic OH excluding ortho intramolecular Hbond substituents is 2. The monoisotopic (exact) mass is 1490 g/mol. The second kappa shape index (κ2) is 45.1. The van der Waals surface area contributed by atoms with Crippen molar-refractivity contribution in [2.24, 2.45) is 35.0 Å². The lowest BCUT2D eigenvalue weighted by Gasteiger charge is -2.28. The van der Waals surface area contributed by atoms with Gasteiger partial charge in [0.15, 0.2) is 0 Å². The van der Waals surface area contributed by atoms with E-state index in [1.807, 2.05) is 0 Å². The number of hydrogen-bond donors (Lipinski definition) is 23. The molecule has 2 aromatic carbocycles. The van der Waals surface area contributed by atoms with Crippen LogP contribution in [0.15, 0.2) is 48.5 Å². The van der Waals surface area contributed by atoms with E-state index in [9.17, 15) is 112 Å². The highest BCUT2D eigenvalue weighted by molar-refractivity contribution is 6.01. The van der Waals surface area contributed by atoms with E-state index in [1.54, 1.807) is 27.7 Å². The Morgan fingerprint density at radius 2 is 0.743 bits per heavy atom. The Hall–Kier alpha value is -11.1. The molecule has 0 saturated carbocycles. The molecule has 0 fully saturated rings. The van der Waals surface area contributed by atoms with Gasteiger partial charge < -0.3 is 122 Å². The summed E-state index contributed by atoms with van der Waals surface area (Å²) in [5.74, 6) is -22.2. The Kier molecular flexibility index (Phi) is 38.6. The van der Waals surface area contributed by atoms with Gasteiger partial charge in [-0.1, -0.05) is 65.8 Å². The number of rotatable bonds is 47. The van der Waals surface area contributed by atoms with E-state index in [2.05, 4.69) is 69.1 Å². The fraction of sp³-hybridized carbons (Fsp3) is 0.554. The first-order valence-electron chi connectivity index (χ1n) is 33.3. The topological polar surface area (TPSA) is 666 Å². The van der Waals surface area contributed by atoms with E-state index in [0.717, 1.165) is 0 Å². The lowest BCUT2D eigenvalue weighted by atomic mass is 10.0. The maximum atomic E-state index is 14.4. The fourth-order valence-electron chi connectivity index (χ4n) is 9.70. The molecule has 582 valence electrons. The van der Waals surface area contributed by atoms with E-state index in [4.69, 9.17) is 22.3 Å². The summed E-state index contributed by atoms with van der Waals surface area (Å²) in [6.45, 7) is 6.61. The van der Waals surface area contributed by atoms with Gasteiger partial charge in [-0.05, 0) is 92.3 Å². The molecule has 14 amide bonds. The minimum Gasteiger partial charge on any atom is -0.508 e. The standard InChI is InChI=1S/C65H98N16O24/c1-30(2)51(63(103)70-27-50(92)93)80-54(94)33(7)71-64(104)52(31(3)4)79-47(87)26-69-56(96)44(28-82)77-57(97)39(10-8-9-21-66)72-65(105)53(32(5)6)81-61(101)43(25-49(90)91)76-59(99)41(23-35-13-17-37(85)18-14-35)74-62(102)45(29-83)78-60(100)42(24-48(88)89)75-58(98)40(22-34-11-15-36(84)16-12-34)73-55(95)38(67)19-20-46(68)86/h11-18,30-33,38-45,51-53,82-85H,8-10,19-29,66-67H2,1-7H3,(H2,68,86)(H,69,96)(H,70,103)(H,71,104)(H,72,105)(H,73,95)(H,74,102)(H,75,98)(H,76,99)(H,77,97)(H,78,100)(H,79,87)(H,80,94)(H,81,101)(H,88,89)(H,90,91)(H,92,93)/t33-,38-,39-,40-,41-,42-,43-,44-,45-,51-,52-,53-/m0/s1. The summed E-state index contributed by atoms with van der Waals surface area (Å²) < 4.78 is 0. The molecule has 0 aliphatic rings. The van der Waals surface area contributed by atoms with Gasteiger partial charge in [-0.3, -0.25) is 81.5 Å². The molecular formula is C65H98N16O24. The molecule has 0 aromatic heterocycles. The zero-order valence-corrected chi connectivity index (χ0v) is 59.0. The fourth-order valence-corrected chi connectivity index (χ4v) is 9.70. The van der Waals surface area contributed by atoms with Crippen molar-refractivity contribution in [2.75, 3.05) is 32.8 Å². The van der Waals surface area contributed by atoms with Gasteiger partial charge in [-0.2, -0.15) is 0 Å². The molecule has 40 heteroatoms. The summed E-state index contributed by atoms with van der Waals surface area (Å²) in [4.78, 5) is 224. The number of aliphatic carboxylic acids is 3. The van der Waals surface area contributed by atoms with Crippen molar-refractivity contribution in [1.29, 1.82) is 0 Å². The van der Waals surface area contributed by atoms with Crippen molar-refractivity contribution < 1.29 is 117 Å². The SMILES string of the molecule is CC(C)[C@H](NC(=O)CNC(=O)[C@H](CO)NC(=O)[C@H](CCCCN)NC(=O)[C@@H](NC(=O)[C@H](CC(=O)O)NC(=O)[C@H](Cc1ccc(O)cc1)NC(=O)[C@H](CO)NC(=O)[C@H](CC(=O)O)NC(=O)[C@H](Cc1ccc(O)cc1)NC(=O)[C@@H](N)CCC(N)=O)C(C)C)C(=O)N[C@@H](C)C(=O)N[C@H](C(=O)NCC(=O)O)C(C)C. The molecule has 12 atom stereocenters. The molecule has 105 heavy (non-hydrogen) atoms. The lowest BCUT2D eigenvalue weighted by Crippen LogP contribution is -2.62. The van der Waals surface area contributed by atoms with Crippen LogP contribution >= 0.6 is 0 Å².